The third-order valence-corrected chi connectivity index (χ3v) is 3.26. The lowest BCUT2D eigenvalue weighted by Gasteiger charge is -2.10. The van der Waals surface area contributed by atoms with Crippen molar-refractivity contribution in [1.82, 2.24) is 9.99 Å². The maximum absolute atomic E-state index is 12.2. The maximum atomic E-state index is 12.2. The van der Waals surface area contributed by atoms with E-state index in [0.29, 0.717) is 5.56 Å². The zero-order valence-electron chi connectivity index (χ0n) is 13.2. The van der Waals surface area contributed by atoms with E-state index < -0.39 is 16.4 Å². The molecule has 8 heteroatoms. The highest BCUT2D eigenvalue weighted by Gasteiger charge is 2.12. The molecule has 1 amide bonds. The van der Waals surface area contributed by atoms with Crippen LogP contribution in [0.5, 0.6) is 0 Å². The summed E-state index contributed by atoms with van der Waals surface area (Å²) in [6.07, 6.45) is 2.95. The van der Waals surface area contributed by atoms with Crippen molar-refractivity contribution < 1.29 is 9.72 Å². The fourth-order valence-electron chi connectivity index (χ4n) is 2.00. The van der Waals surface area contributed by atoms with E-state index in [1.807, 2.05) is 13.8 Å². The van der Waals surface area contributed by atoms with Crippen LogP contribution in [0.2, 0.25) is 0 Å². The van der Waals surface area contributed by atoms with E-state index in [9.17, 15) is 19.7 Å². The molecule has 1 aromatic heterocycles. The van der Waals surface area contributed by atoms with Crippen LogP contribution in [0.4, 0.5) is 5.69 Å². The van der Waals surface area contributed by atoms with E-state index in [1.165, 1.54) is 41.1 Å². The molecular weight excluding hydrogens is 312 g/mol. The minimum atomic E-state index is -0.617. The van der Waals surface area contributed by atoms with Crippen LogP contribution in [0.3, 0.4) is 0 Å². The summed E-state index contributed by atoms with van der Waals surface area (Å²) in [5, 5.41) is 14.3. The number of hydrogen-bond acceptors (Lipinski definition) is 5. The fourth-order valence-corrected chi connectivity index (χ4v) is 2.00. The number of nitrogens with zero attached hydrogens (tertiary/aromatic N) is 3. The van der Waals surface area contributed by atoms with Gasteiger partial charge in [-0.15, -0.1) is 0 Å². The number of carbonyl (C=O) groups excluding carboxylic acids is 1. The molecule has 0 unspecified atom stereocenters. The second-order valence-corrected chi connectivity index (χ2v) is 5.28. The zero-order chi connectivity index (χ0) is 17.7. The Labute approximate surface area is 137 Å². The molecular formula is C16H16N4O4. The van der Waals surface area contributed by atoms with Crippen molar-refractivity contribution in [2.45, 2.75) is 19.9 Å². The van der Waals surface area contributed by atoms with Crippen LogP contribution in [-0.4, -0.2) is 21.6 Å². The number of nitro benzene ring substituents is 1. The normalized spacial score (nSPS) is 11.0. The Morgan fingerprint density at radius 1 is 1.29 bits per heavy atom. The molecule has 0 saturated carbocycles. The van der Waals surface area contributed by atoms with Gasteiger partial charge in [-0.25, -0.2) is 5.43 Å². The monoisotopic (exact) mass is 328 g/mol. The summed E-state index contributed by atoms with van der Waals surface area (Å²) in [5.74, 6) is -0.617. The number of pyridine rings is 1. The molecule has 0 spiro atoms. The number of carbonyl (C=O) groups is 1. The summed E-state index contributed by atoms with van der Waals surface area (Å²) in [5.41, 5.74) is 2.42. The molecule has 0 aliphatic heterocycles. The van der Waals surface area contributed by atoms with Gasteiger partial charge in [0.15, 0.2) is 0 Å². The fraction of sp³-hybridized carbons (Fsp3) is 0.188. The molecule has 0 fully saturated rings. The Balaban J connectivity index is 2.09. The Morgan fingerprint density at radius 3 is 2.54 bits per heavy atom. The van der Waals surface area contributed by atoms with Crippen molar-refractivity contribution in [1.29, 1.82) is 0 Å². The summed E-state index contributed by atoms with van der Waals surface area (Å²) in [7, 11) is 0. The summed E-state index contributed by atoms with van der Waals surface area (Å²) in [4.78, 5) is 34.3. The quantitative estimate of drug-likeness (QED) is 0.515. The standard InChI is InChI=1S/C16H16N4O4/c1-11(2)19-9-3-4-14(16(19)22)15(21)18-17-10-12-5-7-13(8-6-12)20(23)24/h3-11H,1-2H3,(H,18,21)/b17-10-. The van der Waals surface area contributed by atoms with Gasteiger partial charge in [-0.05, 0) is 43.7 Å². The van der Waals surface area contributed by atoms with Crippen LogP contribution in [0.25, 0.3) is 0 Å². The van der Waals surface area contributed by atoms with Crippen molar-refractivity contribution in [3.8, 4) is 0 Å². The van der Waals surface area contributed by atoms with Gasteiger partial charge in [0.25, 0.3) is 17.2 Å². The summed E-state index contributed by atoms with van der Waals surface area (Å²) in [6.45, 7) is 3.69. The van der Waals surface area contributed by atoms with Crippen molar-refractivity contribution >= 4 is 17.8 Å². The molecule has 2 aromatic rings. The largest absolute Gasteiger partial charge is 0.312 e. The van der Waals surface area contributed by atoms with Crippen LogP contribution in [0.15, 0.2) is 52.5 Å². The minimum absolute atomic E-state index is 0.00736. The molecule has 1 N–H and O–H groups in total. The molecule has 0 atom stereocenters. The summed E-state index contributed by atoms with van der Waals surface area (Å²) in [6, 6.07) is 8.66. The molecule has 0 bridgehead atoms. The average Bonchev–Trinajstić information content (AvgIpc) is 2.55. The van der Waals surface area contributed by atoms with Gasteiger partial charge in [-0.2, -0.15) is 5.10 Å². The number of amides is 1. The number of hydrogen-bond donors (Lipinski definition) is 1. The Hall–Kier alpha value is -3.29. The molecule has 1 aromatic carbocycles. The van der Waals surface area contributed by atoms with Gasteiger partial charge in [0.1, 0.15) is 5.56 Å². The highest BCUT2D eigenvalue weighted by Crippen LogP contribution is 2.10. The zero-order valence-corrected chi connectivity index (χ0v) is 13.2. The molecule has 0 aliphatic rings. The highest BCUT2D eigenvalue weighted by molar-refractivity contribution is 5.94. The van der Waals surface area contributed by atoms with Crippen molar-refractivity contribution in [3.63, 3.8) is 0 Å². The molecule has 1 heterocycles. The van der Waals surface area contributed by atoms with Gasteiger partial charge in [0, 0.05) is 24.4 Å². The smallest absolute Gasteiger partial charge is 0.276 e. The lowest BCUT2D eigenvalue weighted by Crippen LogP contribution is -2.31. The maximum Gasteiger partial charge on any atom is 0.276 e. The van der Waals surface area contributed by atoms with E-state index in [4.69, 9.17) is 0 Å². The number of nitro groups is 1. The Bertz CT molecular complexity index is 838. The van der Waals surface area contributed by atoms with Gasteiger partial charge < -0.3 is 4.57 Å². The predicted octanol–water partition coefficient (Wildman–Crippen LogP) is 2.10. The first-order valence-electron chi connectivity index (χ1n) is 7.19. The molecule has 24 heavy (non-hydrogen) atoms. The lowest BCUT2D eigenvalue weighted by atomic mass is 10.2. The van der Waals surface area contributed by atoms with Gasteiger partial charge in [-0.3, -0.25) is 19.7 Å². The van der Waals surface area contributed by atoms with Gasteiger partial charge in [0.2, 0.25) is 0 Å². The van der Waals surface area contributed by atoms with Crippen LogP contribution >= 0.6 is 0 Å². The van der Waals surface area contributed by atoms with Gasteiger partial charge in [0.05, 0.1) is 11.1 Å². The first kappa shape index (κ1) is 17.1. The van der Waals surface area contributed by atoms with Gasteiger partial charge >= 0.3 is 0 Å². The molecule has 0 radical (unpaired) electrons. The molecule has 2 rings (SSSR count). The molecule has 8 nitrogen and oxygen atoms in total. The third-order valence-electron chi connectivity index (χ3n) is 3.26. The number of benzene rings is 1. The minimum Gasteiger partial charge on any atom is -0.312 e. The lowest BCUT2D eigenvalue weighted by molar-refractivity contribution is -0.384. The third kappa shape index (κ3) is 3.92. The Morgan fingerprint density at radius 2 is 1.96 bits per heavy atom. The molecule has 124 valence electrons. The highest BCUT2D eigenvalue weighted by atomic mass is 16.6. The van der Waals surface area contributed by atoms with E-state index >= 15 is 0 Å². The van der Waals surface area contributed by atoms with Gasteiger partial charge in [-0.1, -0.05) is 0 Å². The Kier molecular flexibility index (Phi) is 5.20. The number of aromatic nitrogens is 1. The predicted molar refractivity (Wildman–Crippen MR) is 89.2 cm³/mol. The average molecular weight is 328 g/mol. The molecule has 0 saturated heterocycles. The van der Waals surface area contributed by atoms with Crippen molar-refractivity contribution in [2.24, 2.45) is 5.10 Å². The van der Waals surface area contributed by atoms with Crippen LogP contribution in [0.1, 0.15) is 35.8 Å². The van der Waals surface area contributed by atoms with E-state index in [0.717, 1.165) is 0 Å². The van der Waals surface area contributed by atoms with E-state index in [-0.39, 0.29) is 17.3 Å². The van der Waals surface area contributed by atoms with E-state index in [1.54, 1.807) is 12.3 Å². The van der Waals surface area contributed by atoms with Crippen LogP contribution in [0, 0.1) is 10.1 Å². The van der Waals surface area contributed by atoms with Crippen molar-refractivity contribution in [2.75, 3.05) is 0 Å². The van der Waals surface area contributed by atoms with Crippen molar-refractivity contribution in [3.05, 3.63) is 74.2 Å². The summed E-state index contributed by atoms with van der Waals surface area (Å²) >= 11 is 0. The van der Waals surface area contributed by atoms with Crippen LogP contribution < -0.4 is 11.0 Å². The number of nitrogens with one attached hydrogen (secondary N) is 1. The second kappa shape index (κ2) is 7.32. The number of hydrazone groups is 1. The number of non-ortho nitro benzene ring substituents is 1. The van der Waals surface area contributed by atoms with E-state index in [2.05, 4.69) is 10.5 Å². The molecule has 0 aliphatic carbocycles. The first-order chi connectivity index (χ1) is 11.4. The second-order valence-electron chi connectivity index (χ2n) is 5.28. The number of rotatable bonds is 5. The first-order valence-corrected chi connectivity index (χ1v) is 7.19. The topological polar surface area (TPSA) is 107 Å². The summed E-state index contributed by atoms with van der Waals surface area (Å²) < 4.78 is 1.45. The van der Waals surface area contributed by atoms with Crippen LogP contribution in [-0.2, 0) is 0 Å². The SMILES string of the molecule is CC(C)n1cccc(C(=O)N/N=C\c2ccc([N+](=O)[O-])cc2)c1=O.